The number of amides is 1. The summed E-state index contributed by atoms with van der Waals surface area (Å²) in [5.74, 6) is 0.0692. The molecule has 0 aliphatic carbocycles. The number of pyridine rings is 1. The van der Waals surface area contributed by atoms with Crippen LogP contribution in [-0.4, -0.2) is 79.8 Å². The van der Waals surface area contributed by atoms with Crippen molar-refractivity contribution in [2.75, 3.05) is 46.4 Å². The fourth-order valence-corrected chi connectivity index (χ4v) is 5.37. The molecule has 3 rings (SSSR count). The first-order chi connectivity index (χ1) is 14.9. The normalized spacial score (nSPS) is 15.3. The Hall–Kier alpha value is -2.49. The lowest BCUT2D eigenvalue weighted by molar-refractivity contribution is 0.0626. The van der Waals surface area contributed by atoms with Crippen LogP contribution in [0.5, 0.6) is 5.75 Å². The second kappa shape index (κ2) is 10.2. The number of sulfonamides is 1. The van der Waals surface area contributed by atoms with Gasteiger partial charge in [-0.1, -0.05) is 19.9 Å². The molecule has 1 aliphatic heterocycles. The van der Waals surface area contributed by atoms with E-state index in [2.05, 4.69) is 9.88 Å². The molecule has 1 saturated heterocycles. The Morgan fingerprint density at radius 1 is 1.10 bits per heavy atom. The van der Waals surface area contributed by atoms with Crippen LogP contribution in [0.3, 0.4) is 0 Å². The molecule has 2 heterocycles. The third-order valence-corrected chi connectivity index (χ3v) is 7.58. The monoisotopic (exact) mass is 446 g/mol. The summed E-state index contributed by atoms with van der Waals surface area (Å²) in [6.45, 7) is 7.65. The Morgan fingerprint density at radius 3 is 2.39 bits per heavy atom. The topological polar surface area (TPSA) is 83.1 Å². The standard InChI is InChI=1S/C22H30N4O4S/c1-4-26(5-2)31(28,29)21-16-18(9-10-20(21)30-3)22(27)25-14-12-24(13-15-25)17-19-8-6-7-11-23-19/h6-11,16H,4-5,12-15,17H2,1-3H3. The van der Waals surface area contributed by atoms with E-state index in [0.29, 0.717) is 31.7 Å². The number of rotatable bonds is 8. The molecular formula is C22H30N4O4S. The van der Waals surface area contributed by atoms with Crippen LogP contribution < -0.4 is 4.74 Å². The van der Waals surface area contributed by atoms with Gasteiger partial charge in [-0.3, -0.25) is 14.7 Å². The molecule has 0 spiro atoms. The highest BCUT2D eigenvalue weighted by molar-refractivity contribution is 7.89. The third-order valence-electron chi connectivity index (χ3n) is 5.51. The van der Waals surface area contributed by atoms with Crippen LogP contribution in [0, 0.1) is 0 Å². The minimum absolute atomic E-state index is 0.0262. The van der Waals surface area contributed by atoms with Gasteiger partial charge in [-0.15, -0.1) is 0 Å². The fraction of sp³-hybridized carbons (Fsp3) is 0.455. The van der Waals surface area contributed by atoms with Crippen LogP contribution in [0.15, 0.2) is 47.5 Å². The number of carbonyl (C=O) groups is 1. The molecule has 0 atom stereocenters. The summed E-state index contributed by atoms with van der Waals surface area (Å²) < 4.78 is 32.7. The Kier molecular flexibility index (Phi) is 7.64. The zero-order valence-electron chi connectivity index (χ0n) is 18.3. The van der Waals surface area contributed by atoms with Crippen LogP contribution >= 0.6 is 0 Å². The summed E-state index contributed by atoms with van der Waals surface area (Å²) in [5.41, 5.74) is 1.35. The van der Waals surface area contributed by atoms with Gasteiger partial charge in [-0.25, -0.2) is 8.42 Å². The summed E-state index contributed by atoms with van der Waals surface area (Å²) in [5, 5.41) is 0. The van der Waals surface area contributed by atoms with Crippen molar-refractivity contribution in [3.05, 3.63) is 53.9 Å². The molecule has 0 radical (unpaired) electrons. The van der Waals surface area contributed by atoms with Gasteiger partial charge in [-0.2, -0.15) is 4.31 Å². The van der Waals surface area contributed by atoms with Crippen molar-refractivity contribution in [3.63, 3.8) is 0 Å². The summed E-state index contributed by atoms with van der Waals surface area (Å²) in [7, 11) is -2.32. The average Bonchev–Trinajstić information content (AvgIpc) is 2.80. The molecule has 0 N–H and O–H groups in total. The van der Waals surface area contributed by atoms with E-state index >= 15 is 0 Å². The van der Waals surface area contributed by atoms with Gasteiger partial charge in [0, 0.05) is 57.6 Å². The summed E-state index contributed by atoms with van der Waals surface area (Å²) >= 11 is 0. The van der Waals surface area contributed by atoms with E-state index in [9.17, 15) is 13.2 Å². The van der Waals surface area contributed by atoms with Gasteiger partial charge < -0.3 is 9.64 Å². The number of benzene rings is 1. The van der Waals surface area contributed by atoms with E-state index in [4.69, 9.17) is 4.74 Å². The van der Waals surface area contributed by atoms with Gasteiger partial charge in [0.25, 0.3) is 5.91 Å². The molecule has 168 valence electrons. The first kappa shape index (κ1) is 23.2. The number of methoxy groups -OCH3 is 1. The number of ether oxygens (including phenoxy) is 1. The van der Waals surface area contributed by atoms with Gasteiger partial charge >= 0.3 is 0 Å². The fourth-order valence-electron chi connectivity index (χ4n) is 3.73. The van der Waals surface area contributed by atoms with Crippen LogP contribution in [0.1, 0.15) is 29.9 Å². The predicted octanol–water partition coefficient (Wildman–Crippen LogP) is 2.08. The van der Waals surface area contributed by atoms with E-state index in [0.717, 1.165) is 25.3 Å². The van der Waals surface area contributed by atoms with E-state index in [1.807, 2.05) is 18.2 Å². The number of carbonyl (C=O) groups excluding carboxylic acids is 1. The zero-order valence-corrected chi connectivity index (χ0v) is 19.1. The molecule has 1 fully saturated rings. The molecule has 8 nitrogen and oxygen atoms in total. The molecule has 1 aromatic carbocycles. The van der Waals surface area contributed by atoms with Crippen LogP contribution in [0.2, 0.25) is 0 Å². The van der Waals surface area contributed by atoms with Gasteiger partial charge in [-0.05, 0) is 30.3 Å². The summed E-state index contributed by atoms with van der Waals surface area (Å²) in [6, 6.07) is 10.5. The van der Waals surface area contributed by atoms with Crippen molar-refractivity contribution >= 4 is 15.9 Å². The highest BCUT2D eigenvalue weighted by Crippen LogP contribution is 2.28. The number of aromatic nitrogens is 1. The van der Waals surface area contributed by atoms with E-state index < -0.39 is 10.0 Å². The maximum Gasteiger partial charge on any atom is 0.253 e. The maximum absolute atomic E-state index is 13.1. The molecule has 0 saturated carbocycles. The number of nitrogens with zero attached hydrogens (tertiary/aromatic N) is 4. The summed E-state index contributed by atoms with van der Waals surface area (Å²) in [4.78, 5) is 21.5. The van der Waals surface area contributed by atoms with Crippen LogP contribution in [0.25, 0.3) is 0 Å². The van der Waals surface area contributed by atoms with Crippen molar-refractivity contribution in [1.29, 1.82) is 0 Å². The lowest BCUT2D eigenvalue weighted by Gasteiger charge is -2.34. The third kappa shape index (κ3) is 5.23. The highest BCUT2D eigenvalue weighted by Gasteiger charge is 2.28. The Morgan fingerprint density at radius 2 is 1.81 bits per heavy atom. The number of piperazine rings is 1. The SMILES string of the molecule is CCN(CC)S(=O)(=O)c1cc(C(=O)N2CCN(Cc3ccccn3)CC2)ccc1OC. The molecule has 1 aromatic heterocycles. The molecule has 0 bridgehead atoms. The van der Waals surface area contributed by atoms with E-state index in [1.54, 1.807) is 37.1 Å². The van der Waals surface area contributed by atoms with E-state index in [1.165, 1.54) is 17.5 Å². The van der Waals surface area contributed by atoms with Gasteiger partial charge in [0.1, 0.15) is 10.6 Å². The van der Waals surface area contributed by atoms with Crippen LogP contribution in [0.4, 0.5) is 0 Å². The largest absolute Gasteiger partial charge is 0.495 e. The Labute approximate surface area is 184 Å². The Balaban J connectivity index is 1.74. The van der Waals surface area contributed by atoms with E-state index in [-0.39, 0.29) is 16.6 Å². The molecular weight excluding hydrogens is 416 g/mol. The Bertz CT molecular complexity index is 986. The quantitative estimate of drug-likeness (QED) is 0.617. The highest BCUT2D eigenvalue weighted by atomic mass is 32.2. The first-order valence-electron chi connectivity index (χ1n) is 10.5. The lowest BCUT2D eigenvalue weighted by atomic mass is 10.1. The minimum atomic E-state index is -3.75. The first-order valence-corrected chi connectivity index (χ1v) is 11.9. The smallest absolute Gasteiger partial charge is 0.253 e. The second-order valence-electron chi connectivity index (χ2n) is 7.34. The molecule has 1 aliphatic rings. The zero-order chi connectivity index (χ0) is 22.4. The van der Waals surface area contributed by atoms with Crippen molar-refractivity contribution in [1.82, 2.24) is 19.1 Å². The minimum Gasteiger partial charge on any atom is -0.495 e. The predicted molar refractivity (Wildman–Crippen MR) is 119 cm³/mol. The van der Waals surface area contributed by atoms with Crippen molar-refractivity contribution in [2.24, 2.45) is 0 Å². The molecule has 31 heavy (non-hydrogen) atoms. The van der Waals surface area contributed by atoms with Crippen molar-refractivity contribution < 1.29 is 17.9 Å². The van der Waals surface area contributed by atoms with Gasteiger partial charge in [0.15, 0.2) is 0 Å². The van der Waals surface area contributed by atoms with Gasteiger partial charge in [0.05, 0.1) is 12.8 Å². The number of hydrogen-bond donors (Lipinski definition) is 0. The maximum atomic E-state index is 13.1. The average molecular weight is 447 g/mol. The van der Waals surface area contributed by atoms with Crippen molar-refractivity contribution in [2.45, 2.75) is 25.3 Å². The number of hydrogen-bond acceptors (Lipinski definition) is 6. The molecule has 2 aromatic rings. The molecule has 1 amide bonds. The molecule has 9 heteroatoms. The van der Waals surface area contributed by atoms with Crippen LogP contribution in [-0.2, 0) is 16.6 Å². The lowest BCUT2D eigenvalue weighted by Crippen LogP contribution is -2.48. The molecule has 0 unspecified atom stereocenters. The van der Waals surface area contributed by atoms with Crippen molar-refractivity contribution in [3.8, 4) is 5.75 Å². The summed E-state index contributed by atoms with van der Waals surface area (Å²) in [6.07, 6.45) is 1.78. The van der Waals surface area contributed by atoms with Gasteiger partial charge in [0.2, 0.25) is 10.0 Å². The second-order valence-corrected chi connectivity index (χ2v) is 9.25.